The second kappa shape index (κ2) is 4.83. The Bertz CT molecular complexity index is 510. The molecule has 0 aliphatic carbocycles. The van der Waals surface area contributed by atoms with Gasteiger partial charge in [-0.25, -0.2) is 0 Å². The molecule has 2 N–H and O–H groups in total. The van der Waals surface area contributed by atoms with E-state index in [2.05, 4.69) is 25.2 Å². The summed E-state index contributed by atoms with van der Waals surface area (Å²) in [7, 11) is 0. The van der Waals surface area contributed by atoms with Gasteiger partial charge in [0.25, 0.3) is 0 Å². The Balaban J connectivity index is 2.19. The van der Waals surface area contributed by atoms with Crippen LogP contribution in [0.3, 0.4) is 0 Å². The largest absolute Gasteiger partial charge is 0.340 e. The zero-order valence-electron chi connectivity index (χ0n) is 10.1. The zero-order chi connectivity index (χ0) is 12.3. The summed E-state index contributed by atoms with van der Waals surface area (Å²) in [6, 6.07) is 15.9. The van der Waals surface area contributed by atoms with Gasteiger partial charge in [-0.1, -0.05) is 36.4 Å². The van der Waals surface area contributed by atoms with Crippen LogP contribution in [-0.2, 0) is 0 Å². The lowest BCUT2D eigenvalue weighted by molar-refractivity contribution is 1.37. The molecule has 17 heavy (non-hydrogen) atoms. The van der Waals surface area contributed by atoms with E-state index in [0.29, 0.717) is 5.84 Å². The van der Waals surface area contributed by atoms with E-state index in [4.69, 9.17) is 5.41 Å². The van der Waals surface area contributed by atoms with E-state index < -0.39 is 0 Å². The highest BCUT2D eigenvalue weighted by atomic mass is 14.9. The molecule has 2 rings (SSSR count). The molecule has 0 aliphatic rings. The van der Waals surface area contributed by atoms with Crippen molar-refractivity contribution in [2.24, 2.45) is 0 Å². The smallest absolute Gasteiger partial charge is 0.129 e. The second-order valence-electron chi connectivity index (χ2n) is 4.24. The Kier molecular flexibility index (Phi) is 3.24. The summed E-state index contributed by atoms with van der Waals surface area (Å²) in [5.41, 5.74) is 4.27. The maximum Gasteiger partial charge on any atom is 0.129 e. The molecule has 0 aliphatic heterocycles. The molecule has 0 saturated carbocycles. The molecular formula is C15H16N2. The van der Waals surface area contributed by atoms with Crippen LogP contribution in [0.1, 0.15) is 16.7 Å². The van der Waals surface area contributed by atoms with Crippen molar-refractivity contribution >= 4 is 11.5 Å². The maximum atomic E-state index is 8.00. The molecule has 0 unspecified atom stereocenters. The Morgan fingerprint density at radius 3 is 2.12 bits per heavy atom. The molecule has 86 valence electrons. The third kappa shape index (κ3) is 2.94. The quantitative estimate of drug-likeness (QED) is 0.591. The lowest BCUT2D eigenvalue weighted by Crippen LogP contribution is -2.11. The molecule has 2 aromatic rings. The normalized spacial score (nSPS) is 10.0. The topological polar surface area (TPSA) is 35.9 Å². The van der Waals surface area contributed by atoms with Crippen LogP contribution in [0.25, 0.3) is 0 Å². The molecule has 0 saturated heterocycles. The summed E-state index contributed by atoms with van der Waals surface area (Å²) in [4.78, 5) is 0. The van der Waals surface area contributed by atoms with Gasteiger partial charge in [0.15, 0.2) is 0 Å². The van der Waals surface area contributed by atoms with Gasteiger partial charge in [-0.05, 0) is 37.1 Å². The van der Waals surface area contributed by atoms with Crippen molar-refractivity contribution in [1.29, 1.82) is 5.41 Å². The van der Waals surface area contributed by atoms with Crippen LogP contribution < -0.4 is 5.32 Å². The summed E-state index contributed by atoms with van der Waals surface area (Å²) < 4.78 is 0. The van der Waals surface area contributed by atoms with Crippen LogP contribution in [0.4, 0.5) is 5.69 Å². The first kappa shape index (κ1) is 11.4. The van der Waals surface area contributed by atoms with E-state index in [-0.39, 0.29) is 0 Å². The van der Waals surface area contributed by atoms with Crippen molar-refractivity contribution in [1.82, 2.24) is 0 Å². The fraction of sp³-hybridized carbons (Fsp3) is 0.133. The number of hydrogen-bond donors (Lipinski definition) is 2. The van der Waals surface area contributed by atoms with E-state index in [0.717, 1.165) is 11.3 Å². The van der Waals surface area contributed by atoms with E-state index in [1.807, 2.05) is 42.5 Å². The average Bonchev–Trinajstić information content (AvgIpc) is 2.28. The van der Waals surface area contributed by atoms with E-state index in [1.165, 1.54) is 11.1 Å². The van der Waals surface area contributed by atoms with Crippen molar-refractivity contribution < 1.29 is 0 Å². The molecule has 0 amide bonds. The molecule has 0 radical (unpaired) electrons. The van der Waals surface area contributed by atoms with Gasteiger partial charge in [0.2, 0.25) is 0 Å². The predicted molar refractivity (Wildman–Crippen MR) is 72.8 cm³/mol. The highest BCUT2D eigenvalue weighted by Crippen LogP contribution is 2.14. The standard InChI is InChI=1S/C15H16N2/c1-11-8-12(2)10-14(9-11)17-15(16)13-6-4-3-5-7-13/h3-10H,1-2H3,(H2,16,17). The molecular weight excluding hydrogens is 208 g/mol. The minimum Gasteiger partial charge on any atom is -0.340 e. The molecule has 0 spiro atoms. The SMILES string of the molecule is Cc1cc(C)cc(NC(=N)c2ccccc2)c1. The van der Waals surface area contributed by atoms with Crippen LogP contribution >= 0.6 is 0 Å². The van der Waals surface area contributed by atoms with E-state index in [9.17, 15) is 0 Å². The Morgan fingerprint density at radius 2 is 1.53 bits per heavy atom. The van der Waals surface area contributed by atoms with E-state index >= 15 is 0 Å². The monoisotopic (exact) mass is 224 g/mol. The minimum atomic E-state index is 0.426. The molecule has 0 atom stereocenters. The highest BCUT2D eigenvalue weighted by molar-refractivity contribution is 6.06. The molecule has 2 nitrogen and oxygen atoms in total. The number of rotatable bonds is 2. The average molecular weight is 224 g/mol. The minimum absolute atomic E-state index is 0.426. The number of aryl methyl sites for hydroxylation is 2. The Labute approximate surface area is 102 Å². The van der Waals surface area contributed by atoms with Crippen molar-refractivity contribution in [2.45, 2.75) is 13.8 Å². The summed E-state index contributed by atoms with van der Waals surface area (Å²) >= 11 is 0. The fourth-order valence-electron chi connectivity index (χ4n) is 1.87. The second-order valence-corrected chi connectivity index (χ2v) is 4.24. The first-order valence-electron chi connectivity index (χ1n) is 5.64. The zero-order valence-corrected chi connectivity index (χ0v) is 10.1. The third-order valence-electron chi connectivity index (χ3n) is 2.55. The van der Waals surface area contributed by atoms with Gasteiger partial charge in [-0.2, -0.15) is 0 Å². The highest BCUT2D eigenvalue weighted by Gasteiger charge is 2.01. The van der Waals surface area contributed by atoms with Gasteiger partial charge in [-0.15, -0.1) is 0 Å². The molecule has 0 fully saturated rings. The lowest BCUT2D eigenvalue weighted by atomic mass is 10.1. The van der Waals surface area contributed by atoms with Crippen molar-refractivity contribution in [2.75, 3.05) is 5.32 Å². The van der Waals surface area contributed by atoms with E-state index in [1.54, 1.807) is 0 Å². The third-order valence-corrected chi connectivity index (χ3v) is 2.55. The number of benzene rings is 2. The predicted octanol–water partition coefficient (Wildman–Crippen LogP) is 3.74. The Hall–Kier alpha value is -2.09. The number of hydrogen-bond acceptors (Lipinski definition) is 1. The lowest BCUT2D eigenvalue weighted by Gasteiger charge is -2.09. The van der Waals surface area contributed by atoms with Gasteiger partial charge >= 0.3 is 0 Å². The first-order valence-corrected chi connectivity index (χ1v) is 5.64. The molecule has 0 aromatic heterocycles. The summed E-state index contributed by atoms with van der Waals surface area (Å²) in [5.74, 6) is 0.426. The van der Waals surface area contributed by atoms with Gasteiger partial charge in [-0.3, -0.25) is 5.41 Å². The molecule has 0 heterocycles. The number of anilines is 1. The van der Waals surface area contributed by atoms with Gasteiger partial charge in [0.1, 0.15) is 5.84 Å². The molecule has 2 heteroatoms. The Morgan fingerprint density at radius 1 is 0.941 bits per heavy atom. The van der Waals surface area contributed by atoms with Crippen molar-refractivity contribution in [3.05, 3.63) is 65.2 Å². The molecule has 2 aromatic carbocycles. The van der Waals surface area contributed by atoms with Crippen LogP contribution in [0.5, 0.6) is 0 Å². The van der Waals surface area contributed by atoms with Crippen LogP contribution in [0.2, 0.25) is 0 Å². The first-order chi connectivity index (χ1) is 8.15. The molecule has 0 bridgehead atoms. The summed E-state index contributed by atoms with van der Waals surface area (Å²) in [6.45, 7) is 4.12. The number of nitrogens with one attached hydrogen (secondary N) is 2. The summed E-state index contributed by atoms with van der Waals surface area (Å²) in [6.07, 6.45) is 0. The van der Waals surface area contributed by atoms with Crippen LogP contribution in [0.15, 0.2) is 48.5 Å². The van der Waals surface area contributed by atoms with Gasteiger partial charge < -0.3 is 5.32 Å². The maximum absolute atomic E-state index is 8.00. The van der Waals surface area contributed by atoms with Crippen molar-refractivity contribution in [3.8, 4) is 0 Å². The summed E-state index contributed by atoms with van der Waals surface area (Å²) in [5, 5.41) is 11.1. The van der Waals surface area contributed by atoms with Crippen LogP contribution in [0, 0.1) is 19.3 Å². The van der Waals surface area contributed by atoms with Gasteiger partial charge in [0, 0.05) is 11.3 Å². The number of amidine groups is 1. The van der Waals surface area contributed by atoms with Crippen LogP contribution in [-0.4, -0.2) is 5.84 Å². The van der Waals surface area contributed by atoms with Gasteiger partial charge in [0.05, 0.1) is 0 Å². The van der Waals surface area contributed by atoms with Crippen molar-refractivity contribution in [3.63, 3.8) is 0 Å². The fourth-order valence-corrected chi connectivity index (χ4v) is 1.87.